The zero-order valence-corrected chi connectivity index (χ0v) is 15.2. The number of sulfonamides is 1. The molecule has 0 atom stereocenters. The number of hydrogen-bond acceptors (Lipinski definition) is 5. The third-order valence-electron chi connectivity index (χ3n) is 2.63. The number of rotatable bonds is 4. The molecule has 0 radical (unpaired) electrons. The Labute approximate surface area is 136 Å². The van der Waals surface area contributed by atoms with E-state index in [1.807, 2.05) is 0 Å². The fourth-order valence-electron chi connectivity index (χ4n) is 1.63. The van der Waals surface area contributed by atoms with Crippen molar-refractivity contribution in [2.24, 2.45) is 0 Å². The highest BCUT2D eigenvalue weighted by Gasteiger charge is 2.21. The second-order valence-corrected chi connectivity index (χ2v) is 10.7. The number of benzene rings is 1. The van der Waals surface area contributed by atoms with E-state index in [1.165, 1.54) is 18.2 Å². The SMILES string of the molecule is Cc1cc(S(=O)(=O)Nc2ccccc2S(C)(=O)=O)sc1Br. The molecule has 9 heteroatoms. The molecule has 1 heterocycles. The van der Waals surface area contributed by atoms with Gasteiger partial charge in [-0.05, 0) is 46.6 Å². The fraction of sp³-hybridized carbons (Fsp3) is 0.167. The highest BCUT2D eigenvalue weighted by atomic mass is 79.9. The molecule has 0 spiro atoms. The monoisotopic (exact) mass is 409 g/mol. The van der Waals surface area contributed by atoms with Gasteiger partial charge >= 0.3 is 0 Å². The number of thiophene rings is 1. The molecule has 2 rings (SSSR count). The molecule has 2 aromatic rings. The number of para-hydroxylation sites is 1. The normalized spacial score (nSPS) is 12.3. The summed E-state index contributed by atoms with van der Waals surface area (Å²) in [5.41, 5.74) is 0.846. The summed E-state index contributed by atoms with van der Waals surface area (Å²) in [5, 5.41) is 0. The van der Waals surface area contributed by atoms with Crippen molar-refractivity contribution in [1.29, 1.82) is 0 Å². The number of hydrogen-bond donors (Lipinski definition) is 1. The lowest BCUT2D eigenvalue weighted by atomic mass is 10.3. The molecule has 114 valence electrons. The van der Waals surface area contributed by atoms with Crippen LogP contribution in [0.5, 0.6) is 0 Å². The van der Waals surface area contributed by atoms with Crippen LogP contribution in [0.1, 0.15) is 5.56 Å². The van der Waals surface area contributed by atoms with E-state index in [0.717, 1.165) is 26.9 Å². The first kappa shape index (κ1) is 16.5. The van der Waals surface area contributed by atoms with Crippen LogP contribution in [-0.4, -0.2) is 23.1 Å². The van der Waals surface area contributed by atoms with Crippen LogP contribution in [0.4, 0.5) is 5.69 Å². The maximum atomic E-state index is 12.3. The Balaban J connectivity index is 2.47. The molecule has 0 saturated carbocycles. The second-order valence-electron chi connectivity index (χ2n) is 4.40. The van der Waals surface area contributed by atoms with Gasteiger partial charge in [0.15, 0.2) is 9.84 Å². The minimum atomic E-state index is -3.82. The molecule has 0 aliphatic heterocycles. The first-order chi connectivity index (χ1) is 9.61. The molecule has 0 amide bonds. The van der Waals surface area contributed by atoms with Crippen molar-refractivity contribution in [1.82, 2.24) is 0 Å². The van der Waals surface area contributed by atoms with Gasteiger partial charge in [0, 0.05) is 6.26 Å². The number of anilines is 1. The minimum Gasteiger partial charge on any atom is -0.278 e. The molecule has 1 aromatic carbocycles. The highest BCUT2D eigenvalue weighted by molar-refractivity contribution is 9.11. The predicted octanol–water partition coefficient (Wildman–Crippen LogP) is 3.02. The van der Waals surface area contributed by atoms with E-state index in [4.69, 9.17) is 0 Å². The van der Waals surface area contributed by atoms with E-state index in [2.05, 4.69) is 20.7 Å². The Morgan fingerprint density at radius 2 is 1.76 bits per heavy atom. The molecule has 1 N–H and O–H groups in total. The van der Waals surface area contributed by atoms with Crippen LogP contribution in [-0.2, 0) is 19.9 Å². The lowest BCUT2D eigenvalue weighted by molar-refractivity contribution is 0.602. The van der Waals surface area contributed by atoms with Crippen molar-refractivity contribution in [2.45, 2.75) is 16.0 Å². The van der Waals surface area contributed by atoms with E-state index in [1.54, 1.807) is 19.1 Å². The summed E-state index contributed by atoms with van der Waals surface area (Å²) in [5.74, 6) is 0. The van der Waals surface area contributed by atoms with Crippen LogP contribution >= 0.6 is 27.3 Å². The Kier molecular flexibility index (Phi) is 4.48. The molecule has 21 heavy (non-hydrogen) atoms. The van der Waals surface area contributed by atoms with Gasteiger partial charge in [-0.25, -0.2) is 16.8 Å². The van der Waals surface area contributed by atoms with Crippen molar-refractivity contribution in [3.63, 3.8) is 0 Å². The largest absolute Gasteiger partial charge is 0.278 e. The topological polar surface area (TPSA) is 80.3 Å². The molecule has 0 bridgehead atoms. The Hall–Kier alpha value is -0.900. The van der Waals surface area contributed by atoms with Crippen molar-refractivity contribution in [3.05, 3.63) is 39.7 Å². The molecular weight excluding hydrogens is 398 g/mol. The van der Waals surface area contributed by atoms with Crippen LogP contribution < -0.4 is 4.72 Å². The van der Waals surface area contributed by atoms with E-state index in [9.17, 15) is 16.8 Å². The third kappa shape index (κ3) is 3.65. The Bertz CT molecular complexity index is 865. The van der Waals surface area contributed by atoms with Crippen molar-refractivity contribution >= 4 is 52.8 Å². The van der Waals surface area contributed by atoms with Crippen LogP contribution in [0.15, 0.2) is 43.2 Å². The van der Waals surface area contributed by atoms with Gasteiger partial charge in [-0.2, -0.15) is 0 Å². The van der Waals surface area contributed by atoms with Gasteiger partial charge < -0.3 is 0 Å². The number of halogens is 1. The lowest BCUT2D eigenvalue weighted by Gasteiger charge is -2.10. The fourth-order valence-corrected chi connectivity index (χ4v) is 5.85. The standard InChI is InChI=1S/C12H12BrNO4S3/c1-8-7-11(19-12(8)13)21(17,18)14-9-5-3-4-6-10(9)20(2,15)16/h3-7,14H,1-2H3. The summed E-state index contributed by atoms with van der Waals surface area (Å²) >= 11 is 4.34. The van der Waals surface area contributed by atoms with Crippen molar-refractivity contribution in [3.8, 4) is 0 Å². The average Bonchev–Trinajstić information content (AvgIpc) is 2.69. The summed E-state index contributed by atoms with van der Waals surface area (Å²) < 4.78 is 51.2. The maximum Gasteiger partial charge on any atom is 0.271 e. The summed E-state index contributed by atoms with van der Waals surface area (Å²) in [6, 6.07) is 7.43. The molecule has 0 fully saturated rings. The molecule has 1 aromatic heterocycles. The second kappa shape index (κ2) is 5.71. The van der Waals surface area contributed by atoms with Gasteiger partial charge in [0.25, 0.3) is 10.0 Å². The predicted molar refractivity (Wildman–Crippen MR) is 87.1 cm³/mol. The Morgan fingerprint density at radius 3 is 2.29 bits per heavy atom. The van der Waals surface area contributed by atoms with E-state index in [-0.39, 0.29) is 14.8 Å². The zero-order valence-electron chi connectivity index (χ0n) is 11.1. The summed E-state index contributed by atoms with van der Waals surface area (Å²) in [6.07, 6.45) is 1.03. The molecular formula is C12H12BrNO4S3. The van der Waals surface area contributed by atoms with Gasteiger partial charge in [0.2, 0.25) is 0 Å². The minimum absolute atomic E-state index is 0.0437. The summed E-state index contributed by atoms with van der Waals surface area (Å²) in [6.45, 7) is 1.78. The first-order valence-corrected chi connectivity index (χ1v) is 10.7. The van der Waals surface area contributed by atoms with Crippen molar-refractivity contribution < 1.29 is 16.8 Å². The van der Waals surface area contributed by atoms with E-state index in [0.29, 0.717) is 0 Å². The number of sulfone groups is 1. The maximum absolute atomic E-state index is 12.3. The molecule has 0 aliphatic carbocycles. The Morgan fingerprint density at radius 1 is 1.14 bits per heavy atom. The average molecular weight is 410 g/mol. The van der Waals surface area contributed by atoms with Crippen LogP contribution in [0.2, 0.25) is 0 Å². The quantitative estimate of drug-likeness (QED) is 0.840. The third-order valence-corrected chi connectivity index (χ3v) is 7.76. The van der Waals surface area contributed by atoms with Gasteiger partial charge in [0.05, 0.1) is 14.4 Å². The highest BCUT2D eigenvalue weighted by Crippen LogP contribution is 2.32. The molecule has 0 saturated heterocycles. The summed E-state index contributed by atoms with van der Waals surface area (Å²) in [4.78, 5) is -0.0547. The number of nitrogens with one attached hydrogen (secondary N) is 1. The van der Waals surface area contributed by atoms with Crippen molar-refractivity contribution in [2.75, 3.05) is 11.0 Å². The van der Waals surface area contributed by atoms with Gasteiger partial charge in [-0.15, -0.1) is 11.3 Å². The van der Waals surface area contributed by atoms with E-state index >= 15 is 0 Å². The smallest absolute Gasteiger partial charge is 0.271 e. The zero-order chi connectivity index (χ0) is 15.8. The molecule has 0 unspecified atom stereocenters. The van der Waals surface area contributed by atoms with Gasteiger partial charge in [-0.1, -0.05) is 12.1 Å². The van der Waals surface area contributed by atoms with Crippen LogP contribution in [0.3, 0.4) is 0 Å². The lowest BCUT2D eigenvalue weighted by Crippen LogP contribution is -2.14. The van der Waals surface area contributed by atoms with Crippen LogP contribution in [0, 0.1) is 6.92 Å². The molecule has 0 aliphatic rings. The van der Waals surface area contributed by atoms with Gasteiger partial charge in [0.1, 0.15) is 4.21 Å². The number of aryl methyl sites for hydroxylation is 1. The molecule has 5 nitrogen and oxygen atoms in total. The van der Waals surface area contributed by atoms with E-state index < -0.39 is 19.9 Å². The van der Waals surface area contributed by atoms with Gasteiger partial charge in [-0.3, -0.25) is 4.72 Å². The van der Waals surface area contributed by atoms with Crippen LogP contribution in [0.25, 0.3) is 0 Å². The first-order valence-electron chi connectivity index (χ1n) is 5.69. The summed E-state index contributed by atoms with van der Waals surface area (Å²) in [7, 11) is -7.35.